The lowest BCUT2D eigenvalue weighted by molar-refractivity contribution is -0.384. The number of ether oxygens (including phenoxy) is 1. The first-order valence-electron chi connectivity index (χ1n) is 8.40. The summed E-state index contributed by atoms with van der Waals surface area (Å²) >= 11 is 3.44. The van der Waals surface area contributed by atoms with Gasteiger partial charge in [-0.05, 0) is 47.5 Å². The van der Waals surface area contributed by atoms with Crippen molar-refractivity contribution in [2.24, 2.45) is 0 Å². The molecule has 0 fully saturated rings. The highest BCUT2D eigenvalue weighted by atomic mass is 79.9. The van der Waals surface area contributed by atoms with Crippen molar-refractivity contribution in [3.63, 3.8) is 0 Å². The van der Waals surface area contributed by atoms with Crippen LogP contribution in [-0.2, 0) is 6.61 Å². The van der Waals surface area contributed by atoms with Gasteiger partial charge in [-0.2, -0.15) is 5.26 Å². The lowest BCUT2D eigenvalue weighted by Gasteiger charge is -2.11. The van der Waals surface area contributed by atoms with Gasteiger partial charge in [-0.3, -0.25) is 10.1 Å². The first kappa shape index (κ1) is 19.3. The molecular weight excluding hydrogens is 420 g/mol. The van der Waals surface area contributed by atoms with Crippen LogP contribution < -0.4 is 4.74 Å². The highest BCUT2D eigenvalue weighted by molar-refractivity contribution is 9.10. The third-order valence-corrected chi connectivity index (χ3v) is 4.51. The molecule has 0 heterocycles. The number of non-ortho nitro benzene ring substituents is 1. The van der Waals surface area contributed by atoms with Crippen molar-refractivity contribution < 1.29 is 9.66 Å². The van der Waals surface area contributed by atoms with E-state index in [9.17, 15) is 15.4 Å². The van der Waals surface area contributed by atoms with Crippen LogP contribution in [0.15, 0.2) is 77.3 Å². The van der Waals surface area contributed by atoms with Crippen molar-refractivity contribution in [1.82, 2.24) is 0 Å². The van der Waals surface area contributed by atoms with Crippen molar-refractivity contribution in [3.8, 4) is 11.8 Å². The van der Waals surface area contributed by atoms with Gasteiger partial charge in [0.2, 0.25) is 0 Å². The van der Waals surface area contributed by atoms with Crippen LogP contribution in [0.2, 0.25) is 0 Å². The van der Waals surface area contributed by atoms with Gasteiger partial charge in [-0.1, -0.05) is 46.3 Å². The van der Waals surface area contributed by atoms with Crippen molar-refractivity contribution in [1.29, 1.82) is 5.26 Å². The number of nitro benzene ring substituents is 1. The summed E-state index contributed by atoms with van der Waals surface area (Å²) in [5.74, 6) is 0.640. The van der Waals surface area contributed by atoms with Gasteiger partial charge >= 0.3 is 0 Å². The number of hydrogen-bond donors (Lipinski definition) is 0. The molecule has 0 saturated heterocycles. The summed E-state index contributed by atoms with van der Waals surface area (Å²) in [7, 11) is 0. The average molecular weight is 435 g/mol. The Labute approximate surface area is 170 Å². The molecule has 0 unspecified atom stereocenters. The van der Waals surface area contributed by atoms with Crippen LogP contribution in [0.25, 0.3) is 11.6 Å². The second kappa shape index (κ2) is 8.98. The summed E-state index contributed by atoms with van der Waals surface area (Å²) in [5, 5.41) is 20.4. The maximum atomic E-state index is 10.8. The van der Waals surface area contributed by atoms with E-state index >= 15 is 0 Å². The summed E-state index contributed by atoms with van der Waals surface area (Å²) in [6.45, 7) is 0.405. The van der Waals surface area contributed by atoms with Crippen molar-refractivity contribution in [2.45, 2.75) is 6.61 Å². The average Bonchev–Trinajstić information content (AvgIpc) is 2.72. The van der Waals surface area contributed by atoms with Crippen LogP contribution in [0.5, 0.6) is 5.75 Å². The minimum Gasteiger partial charge on any atom is -0.488 e. The number of nitriles is 1. The normalized spacial score (nSPS) is 10.9. The fourth-order valence-electron chi connectivity index (χ4n) is 2.60. The second-order valence-corrected chi connectivity index (χ2v) is 6.85. The third-order valence-electron chi connectivity index (χ3n) is 4.02. The monoisotopic (exact) mass is 434 g/mol. The number of rotatable bonds is 6. The molecule has 0 bridgehead atoms. The van der Waals surface area contributed by atoms with Gasteiger partial charge in [-0.15, -0.1) is 0 Å². The molecule has 0 amide bonds. The van der Waals surface area contributed by atoms with Crippen LogP contribution in [0.4, 0.5) is 5.69 Å². The summed E-state index contributed by atoms with van der Waals surface area (Å²) < 4.78 is 6.80. The van der Waals surface area contributed by atoms with Crippen molar-refractivity contribution in [2.75, 3.05) is 0 Å². The molecule has 6 heteroatoms. The summed E-state index contributed by atoms with van der Waals surface area (Å²) in [6.07, 6.45) is 1.71. The standard InChI is InChI=1S/C22H15BrN2O3/c23-20-8-11-22(28-15-16-4-2-1-3-5-16)18(13-20)12-19(14-24)17-6-9-21(10-7-17)25(26)27/h1-13H,15H2/b19-12-. The molecule has 0 aromatic heterocycles. The van der Waals surface area contributed by atoms with E-state index in [1.807, 2.05) is 48.5 Å². The van der Waals surface area contributed by atoms with Crippen LogP contribution in [0, 0.1) is 21.4 Å². The quantitative estimate of drug-likeness (QED) is 0.206. The molecule has 0 aliphatic carbocycles. The first-order valence-corrected chi connectivity index (χ1v) is 9.19. The zero-order valence-corrected chi connectivity index (χ0v) is 16.3. The van der Waals surface area contributed by atoms with E-state index in [0.717, 1.165) is 15.6 Å². The summed E-state index contributed by atoms with van der Waals surface area (Å²) in [6, 6.07) is 23.4. The number of benzene rings is 3. The van der Waals surface area contributed by atoms with E-state index in [2.05, 4.69) is 22.0 Å². The molecule has 0 N–H and O–H groups in total. The van der Waals surface area contributed by atoms with E-state index in [4.69, 9.17) is 4.74 Å². The van der Waals surface area contributed by atoms with E-state index in [0.29, 0.717) is 23.5 Å². The van der Waals surface area contributed by atoms with Crippen molar-refractivity contribution >= 4 is 33.3 Å². The zero-order valence-electron chi connectivity index (χ0n) is 14.7. The van der Waals surface area contributed by atoms with Crippen LogP contribution in [0.1, 0.15) is 16.7 Å². The smallest absolute Gasteiger partial charge is 0.269 e. The van der Waals surface area contributed by atoms with Gasteiger partial charge in [0, 0.05) is 22.2 Å². The number of halogens is 1. The molecule has 138 valence electrons. The van der Waals surface area contributed by atoms with Crippen molar-refractivity contribution in [3.05, 3.63) is 104 Å². The van der Waals surface area contributed by atoms with Crippen LogP contribution in [0.3, 0.4) is 0 Å². The second-order valence-electron chi connectivity index (χ2n) is 5.93. The Morgan fingerprint density at radius 2 is 1.82 bits per heavy atom. The van der Waals surface area contributed by atoms with E-state index < -0.39 is 4.92 Å². The van der Waals surface area contributed by atoms with Gasteiger partial charge in [0.15, 0.2) is 0 Å². The number of nitrogens with zero attached hydrogens (tertiary/aromatic N) is 2. The van der Waals surface area contributed by atoms with Gasteiger partial charge in [0.25, 0.3) is 5.69 Å². The Morgan fingerprint density at radius 1 is 1.11 bits per heavy atom. The van der Waals surface area contributed by atoms with E-state index in [1.54, 1.807) is 18.2 Å². The molecule has 0 aliphatic rings. The maximum Gasteiger partial charge on any atom is 0.269 e. The fourth-order valence-corrected chi connectivity index (χ4v) is 2.98. The third kappa shape index (κ3) is 4.84. The molecule has 5 nitrogen and oxygen atoms in total. The topological polar surface area (TPSA) is 76.2 Å². The Kier molecular flexibility index (Phi) is 6.20. The number of hydrogen-bond acceptors (Lipinski definition) is 4. The molecule has 0 aliphatic heterocycles. The molecule has 3 aromatic rings. The Morgan fingerprint density at radius 3 is 2.46 bits per heavy atom. The SMILES string of the molecule is N#C/C(=C/c1cc(Br)ccc1OCc1ccccc1)c1ccc([N+](=O)[O-])cc1. The largest absolute Gasteiger partial charge is 0.488 e. The molecule has 3 aromatic carbocycles. The number of allylic oxidation sites excluding steroid dienone is 1. The van der Waals surface area contributed by atoms with Crippen LogP contribution in [-0.4, -0.2) is 4.92 Å². The highest BCUT2D eigenvalue weighted by Gasteiger charge is 2.09. The fraction of sp³-hybridized carbons (Fsp3) is 0.0455. The van der Waals surface area contributed by atoms with Gasteiger partial charge in [0.1, 0.15) is 12.4 Å². The molecule has 0 saturated carbocycles. The Hall–Kier alpha value is -3.43. The molecule has 28 heavy (non-hydrogen) atoms. The molecule has 0 radical (unpaired) electrons. The summed E-state index contributed by atoms with van der Waals surface area (Å²) in [4.78, 5) is 10.3. The van der Waals surface area contributed by atoms with Gasteiger partial charge in [0.05, 0.1) is 16.6 Å². The highest BCUT2D eigenvalue weighted by Crippen LogP contribution is 2.29. The lowest BCUT2D eigenvalue weighted by Crippen LogP contribution is -1.97. The van der Waals surface area contributed by atoms with E-state index in [-0.39, 0.29) is 5.69 Å². The summed E-state index contributed by atoms with van der Waals surface area (Å²) in [5.41, 5.74) is 2.74. The Balaban J connectivity index is 1.91. The minimum absolute atomic E-state index is 0.0182. The predicted molar refractivity (Wildman–Crippen MR) is 111 cm³/mol. The van der Waals surface area contributed by atoms with Gasteiger partial charge < -0.3 is 4.74 Å². The molecule has 3 rings (SSSR count). The predicted octanol–water partition coefficient (Wildman–Crippen LogP) is 6.00. The molecule has 0 spiro atoms. The molecule has 0 atom stereocenters. The minimum atomic E-state index is -0.469. The van der Waals surface area contributed by atoms with E-state index in [1.165, 1.54) is 12.1 Å². The van der Waals surface area contributed by atoms with Gasteiger partial charge in [-0.25, -0.2) is 0 Å². The Bertz CT molecular complexity index is 1060. The number of nitro groups is 1. The molecular formula is C22H15BrN2O3. The van der Waals surface area contributed by atoms with Crippen LogP contribution >= 0.6 is 15.9 Å². The first-order chi connectivity index (χ1) is 13.6. The zero-order chi connectivity index (χ0) is 19.9. The maximum absolute atomic E-state index is 10.8. The lowest BCUT2D eigenvalue weighted by atomic mass is 10.0.